The Morgan fingerprint density at radius 2 is 2.07 bits per heavy atom. The van der Waals surface area contributed by atoms with Crippen LogP contribution in [-0.4, -0.2) is 17.3 Å². The van der Waals surface area contributed by atoms with Crippen molar-refractivity contribution >= 4 is 17.5 Å². The largest absolute Gasteiger partial charge is 0.350 e. The van der Waals surface area contributed by atoms with Crippen molar-refractivity contribution in [3.05, 3.63) is 0 Å². The number of amides is 1. The summed E-state index contributed by atoms with van der Waals surface area (Å²) < 4.78 is 0. The van der Waals surface area contributed by atoms with Gasteiger partial charge in [-0.3, -0.25) is 4.79 Å². The van der Waals surface area contributed by atoms with Gasteiger partial charge in [-0.15, -0.1) is 11.6 Å². The normalized spacial score (nSPS) is 17.2. The predicted molar refractivity (Wildman–Crippen MR) is 61.6 cm³/mol. The number of alkyl halides is 1. The van der Waals surface area contributed by atoms with Crippen molar-refractivity contribution in [2.45, 2.75) is 52.5 Å². The van der Waals surface area contributed by atoms with Crippen LogP contribution < -0.4 is 5.32 Å². The molecule has 3 heteroatoms. The number of nitrogens with one attached hydrogen (secondary N) is 1. The molecule has 0 aliphatic rings. The Kier molecular flexibility index (Phi) is 6.17. The van der Waals surface area contributed by atoms with E-state index >= 15 is 0 Å². The molecule has 0 aromatic carbocycles. The van der Waals surface area contributed by atoms with Crippen LogP contribution in [-0.2, 0) is 4.79 Å². The Bertz CT molecular complexity index is 178. The minimum absolute atomic E-state index is 0.115. The first-order chi connectivity index (χ1) is 6.47. The van der Waals surface area contributed by atoms with Crippen LogP contribution in [0.3, 0.4) is 0 Å². The summed E-state index contributed by atoms with van der Waals surface area (Å²) >= 11 is 5.81. The molecule has 2 atom stereocenters. The molecule has 2 unspecified atom stereocenters. The van der Waals surface area contributed by atoms with Gasteiger partial charge >= 0.3 is 0 Å². The molecular formula is C11H22ClNO. The highest BCUT2D eigenvalue weighted by Crippen LogP contribution is 2.13. The summed E-state index contributed by atoms with van der Waals surface area (Å²) in [5.74, 6) is 1.03. The van der Waals surface area contributed by atoms with Gasteiger partial charge in [0.25, 0.3) is 0 Å². The van der Waals surface area contributed by atoms with Crippen LogP contribution in [0.2, 0.25) is 0 Å². The quantitative estimate of drug-likeness (QED) is 0.684. The molecule has 0 saturated heterocycles. The van der Waals surface area contributed by atoms with Gasteiger partial charge in [0.1, 0.15) is 0 Å². The molecule has 0 bridgehead atoms. The number of carbonyl (C=O) groups is 1. The number of carbonyl (C=O) groups excluding carboxylic acids is 1. The summed E-state index contributed by atoms with van der Waals surface area (Å²) in [4.78, 5) is 11.6. The van der Waals surface area contributed by atoms with Crippen LogP contribution in [0.25, 0.3) is 0 Å². The predicted octanol–water partition coefficient (Wildman–Crippen LogP) is 2.95. The highest BCUT2D eigenvalue weighted by atomic mass is 35.5. The van der Waals surface area contributed by atoms with Crippen molar-refractivity contribution in [1.29, 1.82) is 0 Å². The average molecular weight is 220 g/mol. The van der Waals surface area contributed by atoms with E-state index in [-0.39, 0.29) is 11.4 Å². The molecule has 0 aromatic rings. The summed E-state index contributed by atoms with van der Waals surface area (Å²) in [7, 11) is 0. The molecule has 1 N–H and O–H groups in total. The van der Waals surface area contributed by atoms with Crippen LogP contribution in [0.5, 0.6) is 0 Å². The fraction of sp³-hybridized carbons (Fsp3) is 0.909. The van der Waals surface area contributed by atoms with E-state index in [9.17, 15) is 4.79 Å². The first-order valence-corrected chi connectivity index (χ1v) is 5.87. The van der Waals surface area contributed by atoms with E-state index in [4.69, 9.17) is 11.6 Å². The standard InChI is InChI=1S/C11H22ClNO/c1-5-9(3)7-10(14)13-11(4,6-2)8-12/h9H,5-8H2,1-4H3,(H,13,14). The highest BCUT2D eigenvalue weighted by Gasteiger charge is 2.23. The molecular weight excluding hydrogens is 198 g/mol. The number of rotatable bonds is 6. The Labute approximate surface area is 92.4 Å². The molecule has 0 aromatic heterocycles. The van der Waals surface area contributed by atoms with Crippen LogP contribution in [0.1, 0.15) is 47.0 Å². The van der Waals surface area contributed by atoms with E-state index in [1.807, 2.05) is 13.8 Å². The lowest BCUT2D eigenvalue weighted by Crippen LogP contribution is -2.47. The van der Waals surface area contributed by atoms with E-state index < -0.39 is 0 Å². The second-order valence-corrected chi connectivity index (χ2v) is 4.58. The fourth-order valence-corrected chi connectivity index (χ4v) is 1.32. The third-order valence-electron chi connectivity index (χ3n) is 2.75. The minimum atomic E-state index is -0.244. The number of hydrogen-bond acceptors (Lipinski definition) is 1. The minimum Gasteiger partial charge on any atom is -0.350 e. The van der Waals surface area contributed by atoms with Gasteiger partial charge < -0.3 is 5.32 Å². The Balaban J connectivity index is 4.04. The Morgan fingerprint density at radius 1 is 1.50 bits per heavy atom. The lowest BCUT2D eigenvalue weighted by atomic mass is 9.99. The van der Waals surface area contributed by atoms with Crippen molar-refractivity contribution in [3.8, 4) is 0 Å². The highest BCUT2D eigenvalue weighted by molar-refractivity contribution is 6.18. The van der Waals surface area contributed by atoms with Crippen molar-refractivity contribution in [2.75, 3.05) is 5.88 Å². The van der Waals surface area contributed by atoms with Crippen LogP contribution in [0.15, 0.2) is 0 Å². The third-order valence-corrected chi connectivity index (χ3v) is 3.34. The van der Waals surface area contributed by atoms with Gasteiger partial charge in [-0.1, -0.05) is 27.2 Å². The van der Waals surface area contributed by atoms with Crippen molar-refractivity contribution < 1.29 is 4.79 Å². The topological polar surface area (TPSA) is 29.1 Å². The maximum absolute atomic E-state index is 11.6. The van der Waals surface area contributed by atoms with E-state index in [1.54, 1.807) is 0 Å². The maximum atomic E-state index is 11.6. The van der Waals surface area contributed by atoms with E-state index in [2.05, 4.69) is 19.2 Å². The monoisotopic (exact) mass is 219 g/mol. The van der Waals surface area contributed by atoms with Crippen molar-refractivity contribution in [3.63, 3.8) is 0 Å². The molecule has 14 heavy (non-hydrogen) atoms. The third kappa shape index (κ3) is 4.85. The van der Waals surface area contributed by atoms with Crippen LogP contribution >= 0.6 is 11.6 Å². The van der Waals surface area contributed by atoms with Gasteiger partial charge in [0.2, 0.25) is 5.91 Å². The first-order valence-electron chi connectivity index (χ1n) is 5.34. The second-order valence-electron chi connectivity index (χ2n) is 4.31. The number of hydrogen-bond donors (Lipinski definition) is 1. The Morgan fingerprint density at radius 3 is 2.43 bits per heavy atom. The van der Waals surface area contributed by atoms with E-state index in [0.717, 1.165) is 12.8 Å². The van der Waals surface area contributed by atoms with E-state index in [0.29, 0.717) is 18.2 Å². The first kappa shape index (κ1) is 13.8. The van der Waals surface area contributed by atoms with Gasteiger partial charge in [0.05, 0.1) is 5.54 Å². The summed E-state index contributed by atoms with van der Waals surface area (Å²) in [5, 5.41) is 2.99. The van der Waals surface area contributed by atoms with Crippen molar-refractivity contribution in [2.24, 2.45) is 5.92 Å². The SMILES string of the molecule is CCC(C)CC(=O)NC(C)(CC)CCl. The lowest BCUT2D eigenvalue weighted by Gasteiger charge is -2.27. The molecule has 0 spiro atoms. The zero-order valence-electron chi connectivity index (χ0n) is 9.69. The second kappa shape index (κ2) is 6.28. The summed E-state index contributed by atoms with van der Waals surface area (Å²) in [6.45, 7) is 8.20. The summed E-state index contributed by atoms with van der Waals surface area (Å²) in [5.41, 5.74) is -0.244. The van der Waals surface area contributed by atoms with Crippen molar-refractivity contribution in [1.82, 2.24) is 5.32 Å². The summed E-state index contributed by atoms with van der Waals surface area (Å²) in [6.07, 6.45) is 2.50. The fourth-order valence-electron chi connectivity index (χ4n) is 1.06. The molecule has 84 valence electrons. The molecule has 2 nitrogen and oxygen atoms in total. The molecule has 0 saturated carbocycles. The molecule has 0 fully saturated rings. The van der Waals surface area contributed by atoms with Gasteiger partial charge in [-0.2, -0.15) is 0 Å². The van der Waals surface area contributed by atoms with Gasteiger partial charge in [0.15, 0.2) is 0 Å². The van der Waals surface area contributed by atoms with Crippen LogP contribution in [0, 0.1) is 5.92 Å². The van der Waals surface area contributed by atoms with Gasteiger partial charge in [-0.25, -0.2) is 0 Å². The molecule has 0 heterocycles. The number of halogens is 1. The Hall–Kier alpha value is -0.240. The molecule has 1 amide bonds. The molecule has 0 aliphatic carbocycles. The van der Waals surface area contributed by atoms with Gasteiger partial charge in [-0.05, 0) is 19.3 Å². The smallest absolute Gasteiger partial charge is 0.220 e. The molecule has 0 rings (SSSR count). The van der Waals surface area contributed by atoms with Gasteiger partial charge in [0, 0.05) is 12.3 Å². The summed E-state index contributed by atoms with van der Waals surface area (Å²) in [6, 6.07) is 0. The van der Waals surface area contributed by atoms with E-state index in [1.165, 1.54) is 0 Å². The van der Waals surface area contributed by atoms with Crippen LogP contribution in [0.4, 0.5) is 0 Å². The lowest BCUT2D eigenvalue weighted by molar-refractivity contribution is -0.123. The maximum Gasteiger partial charge on any atom is 0.220 e. The average Bonchev–Trinajstić information content (AvgIpc) is 2.17. The molecule has 0 radical (unpaired) electrons. The zero-order valence-corrected chi connectivity index (χ0v) is 10.4. The molecule has 0 aliphatic heterocycles. The zero-order chi connectivity index (χ0) is 11.2.